The van der Waals surface area contributed by atoms with Gasteiger partial charge >= 0.3 is 0 Å². The second-order valence-corrected chi connectivity index (χ2v) is 6.92. The molecule has 2 amide bonds. The second-order valence-electron chi connectivity index (χ2n) is 6.92. The summed E-state index contributed by atoms with van der Waals surface area (Å²) in [5, 5.41) is 10.4. The average molecular weight is 302 g/mol. The highest BCUT2D eigenvalue weighted by atomic mass is 16.2. The van der Waals surface area contributed by atoms with E-state index in [1.54, 1.807) is 10.9 Å². The molecule has 4 atom stereocenters. The van der Waals surface area contributed by atoms with Crippen molar-refractivity contribution >= 4 is 11.8 Å². The predicted octanol–water partition coefficient (Wildman–Crippen LogP) is 0.902. The summed E-state index contributed by atoms with van der Waals surface area (Å²) in [5.74, 6) is 1.84. The first-order valence-corrected chi connectivity index (χ1v) is 8.21. The van der Waals surface area contributed by atoms with Gasteiger partial charge in [-0.3, -0.25) is 14.3 Å². The van der Waals surface area contributed by atoms with Crippen molar-refractivity contribution in [2.75, 3.05) is 0 Å². The lowest BCUT2D eigenvalue weighted by Gasteiger charge is -2.33. The molecule has 1 aromatic rings. The SMILES string of the molecule is Cn1nccc1[C@@H]1NC(=O)CC[C@H]1NC(=O)[C@H]1C[C@@H]1C1CC1. The third kappa shape index (κ3) is 2.51. The minimum absolute atomic E-state index is 0.0407. The van der Waals surface area contributed by atoms with Crippen LogP contribution in [0.4, 0.5) is 0 Å². The number of piperidine rings is 1. The van der Waals surface area contributed by atoms with E-state index in [4.69, 9.17) is 0 Å². The van der Waals surface area contributed by atoms with Gasteiger partial charge in [0.25, 0.3) is 0 Å². The molecule has 1 saturated heterocycles. The molecule has 3 fully saturated rings. The highest BCUT2D eigenvalue weighted by Crippen LogP contribution is 2.54. The van der Waals surface area contributed by atoms with Crippen LogP contribution in [-0.4, -0.2) is 27.6 Å². The van der Waals surface area contributed by atoms with Gasteiger partial charge in [-0.2, -0.15) is 5.10 Å². The molecule has 2 N–H and O–H groups in total. The Hall–Kier alpha value is -1.85. The van der Waals surface area contributed by atoms with Crippen LogP contribution in [0.5, 0.6) is 0 Å². The van der Waals surface area contributed by atoms with Gasteiger partial charge in [0.2, 0.25) is 11.8 Å². The average Bonchev–Trinajstić information content (AvgIpc) is 3.37. The first-order valence-electron chi connectivity index (χ1n) is 8.21. The fraction of sp³-hybridized carbons (Fsp3) is 0.688. The number of carbonyl (C=O) groups is 2. The van der Waals surface area contributed by atoms with E-state index in [1.807, 2.05) is 13.1 Å². The molecule has 2 saturated carbocycles. The van der Waals surface area contributed by atoms with Gasteiger partial charge in [-0.1, -0.05) is 0 Å². The lowest BCUT2D eigenvalue weighted by Crippen LogP contribution is -2.51. The van der Waals surface area contributed by atoms with Crippen LogP contribution in [0.1, 0.15) is 43.8 Å². The van der Waals surface area contributed by atoms with E-state index >= 15 is 0 Å². The van der Waals surface area contributed by atoms with Gasteiger partial charge in [0.15, 0.2) is 0 Å². The summed E-state index contributed by atoms with van der Waals surface area (Å²) in [7, 11) is 1.86. The Bertz CT molecular complexity index is 607. The minimum atomic E-state index is -0.184. The highest BCUT2D eigenvalue weighted by Gasteiger charge is 2.51. The molecule has 3 aliphatic rings. The van der Waals surface area contributed by atoms with Gasteiger partial charge in [-0.05, 0) is 43.6 Å². The largest absolute Gasteiger partial charge is 0.351 e. The van der Waals surface area contributed by atoms with Crippen LogP contribution in [0.3, 0.4) is 0 Å². The first kappa shape index (κ1) is 13.8. The Morgan fingerprint density at radius 1 is 1.41 bits per heavy atom. The van der Waals surface area contributed by atoms with E-state index in [0.717, 1.165) is 18.0 Å². The van der Waals surface area contributed by atoms with Gasteiger partial charge < -0.3 is 10.6 Å². The maximum Gasteiger partial charge on any atom is 0.223 e. The molecule has 2 aliphatic carbocycles. The number of aromatic nitrogens is 2. The molecular weight excluding hydrogens is 280 g/mol. The van der Waals surface area contributed by atoms with Crippen molar-refractivity contribution < 1.29 is 9.59 Å². The quantitative estimate of drug-likeness (QED) is 0.868. The number of amides is 2. The number of aryl methyl sites for hydroxylation is 1. The zero-order valence-electron chi connectivity index (χ0n) is 12.8. The van der Waals surface area contributed by atoms with Gasteiger partial charge in [-0.25, -0.2) is 0 Å². The summed E-state index contributed by atoms with van der Waals surface area (Å²) in [5.41, 5.74) is 0.938. The van der Waals surface area contributed by atoms with Gasteiger partial charge in [0.1, 0.15) is 0 Å². The Kier molecular flexibility index (Phi) is 3.20. The van der Waals surface area contributed by atoms with Crippen molar-refractivity contribution in [2.24, 2.45) is 24.8 Å². The summed E-state index contributed by atoms with van der Waals surface area (Å²) >= 11 is 0. The van der Waals surface area contributed by atoms with Crippen LogP contribution < -0.4 is 10.6 Å². The zero-order chi connectivity index (χ0) is 15.3. The lowest BCUT2D eigenvalue weighted by molar-refractivity contribution is -0.127. The third-order valence-electron chi connectivity index (χ3n) is 5.31. The normalized spacial score (nSPS) is 34.1. The fourth-order valence-corrected chi connectivity index (χ4v) is 3.78. The molecule has 0 bridgehead atoms. The minimum Gasteiger partial charge on any atom is -0.351 e. The summed E-state index contributed by atoms with van der Waals surface area (Å²) in [4.78, 5) is 24.2. The van der Waals surface area contributed by atoms with Gasteiger partial charge in [0, 0.05) is 25.6 Å². The number of rotatable bonds is 4. The Morgan fingerprint density at radius 2 is 2.23 bits per heavy atom. The molecule has 4 rings (SSSR count). The molecule has 22 heavy (non-hydrogen) atoms. The van der Waals surface area contributed by atoms with Crippen LogP contribution in [0.15, 0.2) is 12.3 Å². The molecule has 0 radical (unpaired) electrons. The maximum absolute atomic E-state index is 12.5. The van der Waals surface area contributed by atoms with Crippen molar-refractivity contribution in [3.63, 3.8) is 0 Å². The summed E-state index contributed by atoms with van der Waals surface area (Å²) in [6.45, 7) is 0. The number of hydrogen-bond donors (Lipinski definition) is 2. The highest BCUT2D eigenvalue weighted by molar-refractivity contribution is 5.83. The summed E-state index contributed by atoms with van der Waals surface area (Å²) in [6.07, 6.45) is 6.52. The van der Waals surface area contributed by atoms with Gasteiger partial charge in [-0.15, -0.1) is 0 Å². The van der Waals surface area contributed by atoms with E-state index in [1.165, 1.54) is 12.8 Å². The van der Waals surface area contributed by atoms with E-state index in [2.05, 4.69) is 15.7 Å². The summed E-state index contributed by atoms with van der Waals surface area (Å²) < 4.78 is 1.76. The van der Waals surface area contributed by atoms with Crippen molar-refractivity contribution in [3.05, 3.63) is 18.0 Å². The summed E-state index contributed by atoms with van der Waals surface area (Å²) in [6, 6.07) is 1.68. The van der Waals surface area contributed by atoms with Crippen molar-refractivity contribution in [1.29, 1.82) is 0 Å². The maximum atomic E-state index is 12.5. The predicted molar refractivity (Wildman–Crippen MR) is 79.6 cm³/mol. The van der Waals surface area contributed by atoms with Crippen molar-refractivity contribution in [1.82, 2.24) is 20.4 Å². The van der Waals surface area contributed by atoms with Crippen LogP contribution >= 0.6 is 0 Å². The van der Waals surface area contributed by atoms with Crippen LogP contribution in [0, 0.1) is 17.8 Å². The molecule has 1 aliphatic heterocycles. The number of nitrogens with one attached hydrogen (secondary N) is 2. The first-order chi connectivity index (χ1) is 10.6. The van der Waals surface area contributed by atoms with Crippen molar-refractivity contribution in [3.8, 4) is 0 Å². The second kappa shape index (κ2) is 5.11. The molecular formula is C16H22N4O2. The number of nitrogens with zero attached hydrogens (tertiary/aromatic N) is 2. The van der Waals surface area contributed by atoms with Crippen LogP contribution in [0.2, 0.25) is 0 Å². The van der Waals surface area contributed by atoms with Crippen molar-refractivity contribution in [2.45, 2.75) is 44.2 Å². The van der Waals surface area contributed by atoms with Crippen LogP contribution in [-0.2, 0) is 16.6 Å². The third-order valence-corrected chi connectivity index (χ3v) is 5.31. The number of hydrogen-bond acceptors (Lipinski definition) is 3. The standard InChI is InChI=1S/C16H22N4O2/c1-20-13(6-7-17-20)15-12(4-5-14(21)19-15)18-16(22)11-8-10(11)9-2-3-9/h6-7,9-12,15H,2-5,8H2,1H3,(H,18,22)(H,19,21)/t10-,11+,12-,15-/m1/s1. The molecule has 2 heterocycles. The lowest BCUT2D eigenvalue weighted by atomic mass is 9.95. The molecule has 1 aromatic heterocycles. The molecule has 0 aromatic carbocycles. The molecule has 6 nitrogen and oxygen atoms in total. The van der Waals surface area contributed by atoms with E-state index in [0.29, 0.717) is 18.8 Å². The topological polar surface area (TPSA) is 76.0 Å². The molecule has 118 valence electrons. The number of carbonyl (C=O) groups excluding carboxylic acids is 2. The van der Waals surface area contributed by atoms with Gasteiger partial charge in [0.05, 0.1) is 17.8 Å². The van der Waals surface area contributed by atoms with E-state index in [-0.39, 0.29) is 29.8 Å². The molecule has 6 heteroatoms. The Morgan fingerprint density at radius 3 is 2.91 bits per heavy atom. The van der Waals surface area contributed by atoms with E-state index in [9.17, 15) is 9.59 Å². The monoisotopic (exact) mass is 302 g/mol. The Labute approximate surface area is 129 Å². The Balaban J connectivity index is 1.45. The molecule has 0 unspecified atom stereocenters. The fourth-order valence-electron chi connectivity index (χ4n) is 3.78. The smallest absolute Gasteiger partial charge is 0.223 e. The van der Waals surface area contributed by atoms with E-state index < -0.39 is 0 Å². The molecule has 0 spiro atoms. The zero-order valence-corrected chi connectivity index (χ0v) is 12.8. The van der Waals surface area contributed by atoms with Crippen LogP contribution in [0.25, 0.3) is 0 Å².